The molecule has 1 aromatic heterocycles. The fourth-order valence-electron chi connectivity index (χ4n) is 2.56. The fraction of sp³-hybridized carbons (Fsp3) is 0.375. The summed E-state index contributed by atoms with van der Waals surface area (Å²) in [5, 5.41) is 2.96. The lowest BCUT2D eigenvalue weighted by Crippen LogP contribution is -2.27. The standard InChI is InChI=1S/C16H16N2O4/c1-9-6-11(9)18-16(19)14-15(22-8-17-14)10-2-3-12-13(7-10)21-5-4-20-12/h2-3,7-9,11H,4-6H2,1H3,(H,18,19)/t9-,11+/m1/s1. The first kappa shape index (κ1) is 13.2. The molecule has 114 valence electrons. The number of nitrogens with one attached hydrogen (secondary N) is 1. The molecule has 1 aliphatic heterocycles. The van der Waals surface area contributed by atoms with Crippen molar-refractivity contribution < 1.29 is 18.7 Å². The van der Waals surface area contributed by atoms with E-state index in [9.17, 15) is 4.79 Å². The lowest BCUT2D eigenvalue weighted by atomic mass is 10.1. The minimum Gasteiger partial charge on any atom is -0.486 e. The van der Waals surface area contributed by atoms with Crippen LogP contribution in [0.25, 0.3) is 11.3 Å². The first-order valence-electron chi connectivity index (χ1n) is 7.37. The Labute approximate surface area is 127 Å². The van der Waals surface area contributed by atoms with Crippen LogP contribution in [0, 0.1) is 5.92 Å². The van der Waals surface area contributed by atoms with Crippen molar-refractivity contribution in [1.29, 1.82) is 0 Å². The first-order chi connectivity index (χ1) is 10.7. The maximum atomic E-state index is 12.3. The van der Waals surface area contributed by atoms with Gasteiger partial charge in [-0.3, -0.25) is 4.79 Å². The maximum Gasteiger partial charge on any atom is 0.274 e. The van der Waals surface area contributed by atoms with Gasteiger partial charge in [0.1, 0.15) is 13.2 Å². The molecule has 6 nitrogen and oxygen atoms in total. The number of hydrogen-bond donors (Lipinski definition) is 1. The molecule has 1 aromatic carbocycles. The van der Waals surface area contributed by atoms with Crippen LogP contribution in [0.15, 0.2) is 29.0 Å². The lowest BCUT2D eigenvalue weighted by molar-refractivity contribution is 0.0945. The molecule has 0 unspecified atom stereocenters. The molecule has 0 spiro atoms. The van der Waals surface area contributed by atoms with Gasteiger partial charge in [0.2, 0.25) is 0 Å². The number of fused-ring (bicyclic) bond motifs is 1. The van der Waals surface area contributed by atoms with Crippen molar-refractivity contribution in [3.8, 4) is 22.8 Å². The van der Waals surface area contributed by atoms with Crippen LogP contribution in [0.4, 0.5) is 0 Å². The molecule has 0 radical (unpaired) electrons. The molecule has 1 fully saturated rings. The van der Waals surface area contributed by atoms with E-state index in [1.54, 1.807) is 0 Å². The summed E-state index contributed by atoms with van der Waals surface area (Å²) in [6.45, 7) is 3.16. The average molecular weight is 300 g/mol. The number of amides is 1. The molecular weight excluding hydrogens is 284 g/mol. The Bertz CT molecular complexity index is 725. The highest BCUT2D eigenvalue weighted by Crippen LogP contribution is 2.36. The smallest absolute Gasteiger partial charge is 0.274 e. The van der Waals surface area contributed by atoms with E-state index in [4.69, 9.17) is 13.9 Å². The number of hydrogen-bond acceptors (Lipinski definition) is 5. The van der Waals surface area contributed by atoms with Gasteiger partial charge < -0.3 is 19.2 Å². The zero-order chi connectivity index (χ0) is 15.1. The molecule has 1 N–H and O–H groups in total. The van der Waals surface area contributed by atoms with Crippen molar-refractivity contribution in [3.63, 3.8) is 0 Å². The predicted molar refractivity (Wildman–Crippen MR) is 78.0 cm³/mol. The largest absolute Gasteiger partial charge is 0.486 e. The van der Waals surface area contributed by atoms with Gasteiger partial charge in [-0.25, -0.2) is 4.98 Å². The number of aromatic nitrogens is 1. The predicted octanol–water partition coefficient (Wildman–Crippen LogP) is 2.25. The molecule has 0 saturated heterocycles. The van der Waals surface area contributed by atoms with Crippen molar-refractivity contribution in [2.45, 2.75) is 19.4 Å². The highest BCUT2D eigenvalue weighted by Gasteiger charge is 2.35. The monoisotopic (exact) mass is 300 g/mol. The first-order valence-corrected chi connectivity index (χ1v) is 7.37. The van der Waals surface area contributed by atoms with Crippen molar-refractivity contribution in [2.75, 3.05) is 13.2 Å². The normalized spacial score (nSPS) is 22.2. The number of rotatable bonds is 3. The summed E-state index contributed by atoms with van der Waals surface area (Å²) in [6, 6.07) is 5.71. The summed E-state index contributed by atoms with van der Waals surface area (Å²) >= 11 is 0. The van der Waals surface area contributed by atoms with Gasteiger partial charge in [0, 0.05) is 11.6 Å². The fourth-order valence-corrected chi connectivity index (χ4v) is 2.56. The lowest BCUT2D eigenvalue weighted by Gasteiger charge is -2.18. The van der Waals surface area contributed by atoms with E-state index in [-0.39, 0.29) is 11.9 Å². The van der Waals surface area contributed by atoms with Gasteiger partial charge in [-0.15, -0.1) is 0 Å². The van der Waals surface area contributed by atoms with E-state index in [1.807, 2.05) is 18.2 Å². The average Bonchev–Trinajstić information content (AvgIpc) is 3.04. The van der Waals surface area contributed by atoms with E-state index in [0.29, 0.717) is 42.1 Å². The van der Waals surface area contributed by atoms with Gasteiger partial charge in [0.25, 0.3) is 5.91 Å². The molecule has 0 bridgehead atoms. The van der Waals surface area contributed by atoms with Crippen LogP contribution >= 0.6 is 0 Å². The Hall–Kier alpha value is -2.50. The third kappa shape index (κ3) is 2.30. The minimum atomic E-state index is -0.201. The zero-order valence-electron chi connectivity index (χ0n) is 12.2. The number of benzene rings is 1. The summed E-state index contributed by atoms with van der Waals surface area (Å²) in [5.41, 5.74) is 1.05. The Kier molecular flexibility index (Phi) is 3.03. The molecule has 2 aromatic rings. The van der Waals surface area contributed by atoms with Crippen LogP contribution in [-0.4, -0.2) is 30.1 Å². The molecule has 2 heterocycles. The zero-order valence-corrected chi connectivity index (χ0v) is 12.2. The second-order valence-electron chi connectivity index (χ2n) is 5.68. The van der Waals surface area contributed by atoms with Crippen LogP contribution in [0.5, 0.6) is 11.5 Å². The SMILES string of the molecule is C[C@@H]1C[C@@H]1NC(=O)c1ncoc1-c1ccc2c(c1)OCCO2. The second-order valence-corrected chi connectivity index (χ2v) is 5.68. The van der Waals surface area contributed by atoms with Crippen LogP contribution in [0.2, 0.25) is 0 Å². The van der Waals surface area contributed by atoms with E-state index in [0.717, 1.165) is 12.0 Å². The number of carbonyl (C=O) groups is 1. The molecule has 1 aliphatic carbocycles. The highest BCUT2D eigenvalue weighted by molar-refractivity contribution is 5.98. The van der Waals surface area contributed by atoms with Gasteiger partial charge in [0.15, 0.2) is 29.3 Å². The molecule has 6 heteroatoms. The number of oxazole rings is 1. The van der Waals surface area contributed by atoms with E-state index < -0.39 is 0 Å². The van der Waals surface area contributed by atoms with E-state index in [1.165, 1.54) is 6.39 Å². The van der Waals surface area contributed by atoms with Gasteiger partial charge in [-0.2, -0.15) is 0 Å². The van der Waals surface area contributed by atoms with Crippen LogP contribution in [-0.2, 0) is 0 Å². The van der Waals surface area contributed by atoms with Crippen molar-refractivity contribution in [1.82, 2.24) is 10.3 Å². The van der Waals surface area contributed by atoms with Crippen molar-refractivity contribution >= 4 is 5.91 Å². The van der Waals surface area contributed by atoms with E-state index in [2.05, 4.69) is 17.2 Å². The minimum absolute atomic E-state index is 0.201. The third-order valence-corrected chi connectivity index (χ3v) is 4.01. The van der Waals surface area contributed by atoms with Gasteiger partial charge in [0.05, 0.1) is 0 Å². The molecule has 1 amide bonds. The van der Waals surface area contributed by atoms with Crippen molar-refractivity contribution in [2.24, 2.45) is 5.92 Å². The summed E-state index contributed by atoms with van der Waals surface area (Å²) in [5.74, 6) is 2.14. The summed E-state index contributed by atoms with van der Waals surface area (Å²) in [6.07, 6.45) is 2.31. The second kappa shape index (κ2) is 5.05. The summed E-state index contributed by atoms with van der Waals surface area (Å²) in [7, 11) is 0. The molecule has 4 rings (SSSR count). The van der Waals surface area contributed by atoms with Gasteiger partial charge >= 0.3 is 0 Å². The van der Waals surface area contributed by atoms with Crippen LogP contribution < -0.4 is 14.8 Å². The van der Waals surface area contributed by atoms with Crippen LogP contribution in [0.1, 0.15) is 23.8 Å². The molecule has 2 aliphatic rings. The molecular formula is C16H16N2O4. The summed E-state index contributed by atoms with van der Waals surface area (Å²) < 4.78 is 16.5. The molecule has 22 heavy (non-hydrogen) atoms. The van der Waals surface area contributed by atoms with Gasteiger partial charge in [-0.1, -0.05) is 6.92 Å². The Morgan fingerprint density at radius 3 is 2.82 bits per heavy atom. The highest BCUT2D eigenvalue weighted by atomic mass is 16.6. The number of carbonyl (C=O) groups excluding carboxylic acids is 1. The number of nitrogens with zero attached hydrogens (tertiary/aromatic N) is 1. The third-order valence-electron chi connectivity index (χ3n) is 4.01. The van der Waals surface area contributed by atoms with Crippen LogP contribution in [0.3, 0.4) is 0 Å². The Morgan fingerprint density at radius 2 is 2.05 bits per heavy atom. The molecule has 2 atom stereocenters. The Balaban J connectivity index is 1.63. The maximum absolute atomic E-state index is 12.3. The number of ether oxygens (including phenoxy) is 2. The van der Waals surface area contributed by atoms with Crippen molar-refractivity contribution in [3.05, 3.63) is 30.3 Å². The van der Waals surface area contributed by atoms with E-state index >= 15 is 0 Å². The quantitative estimate of drug-likeness (QED) is 0.941. The summed E-state index contributed by atoms with van der Waals surface area (Å²) in [4.78, 5) is 16.4. The Morgan fingerprint density at radius 1 is 1.27 bits per heavy atom. The topological polar surface area (TPSA) is 73.6 Å². The van der Waals surface area contributed by atoms with Gasteiger partial charge in [-0.05, 0) is 30.5 Å². The molecule has 1 saturated carbocycles.